The first kappa shape index (κ1) is 19.9. The third kappa shape index (κ3) is 4.61. The molecule has 136 valence electrons. The zero-order valence-corrected chi connectivity index (χ0v) is 17.7. The molecule has 0 fully saturated rings. The van der Waals surface area contributed by atoms with E-state index >= 15 is 0 Å². The molecule has 0 radical (unpaired) electrons. The Labute approximate surface area is 160 Å². The number of ether oxygens (including phenoxy) is 2. The van der Waals surface area contributed by atoms with Gasteiger partial charge in [0.25, 0.3) is 0 Å². The predicted octanol–water partition coefficient (Wildman–Crippen LogP) is 5.47. The van der Waals surface area contributed by atoms with Crippen LogP contribution in [-0.2, 0) is 9.53 Å². The van der Waals surface area contributed by atoms with Gasteiger partial charge in [0.05, 0.1) is 22.4 Å². The number of benzene rings is 1. The minimum Gasteiger partial charge on any atom is -0.496 e. The standard InChI is InChI=1S/C19H23BrO4S/c1-10(11(2)18(22)24-19(3,4)5)17(21)16-8-12-7-13(20)14(23-6)9-15(12)25-16/h7-11H,1-6H3/t10?,11-/m0/s1. The molecule has 0 amide bonds. The van der Waals surface area contributed by atoms with Gasteiger partial charge in [0, 0.05) is 10.6 Å². The molecule has 6 heteroatoms. The summed E-state index contributed by atoms with van der Waals surface area (Å²) in [6.07, 6.45) is 0. The van der Waals surface area contributed by atoms with Gasteiger partial charge in [-0.05, 0) is 60.3 Å². The summed E-state index contributed by atoms with van der Waals surface area (Å²) >= 11 is 4.87. The number of hydrogen-bond donors (Lipinski definition) is 0. The van der Waals surface area contributed by atoms with Crippen LogP contribution in [0.15, 0.2) is 22.7 Å². The molecule has 0 saturated carbocycles. The number of fused-ring (bicyclic) bond motifs is 1. The number of rotatable bonds is 5. The highest BCUT2D eigenvalue weighted by Gasteiger charge is 2.31. The largest absolute Gasteiger partial charge is 0.496 e. The van der Waals surface area contributed by atoms with Gasteiger partial charge >= 0.3 is 5.97 Å². The maximum absolute atomic E-state index is 12.8. The van der Waals surface area contributed by atoms with E-state index < -0.39 is 17.4 Å². The van der Waals surface area contributed by atoms with Gasteiger partial charge in [0.2, 0.25) is 0 Å². The lowest BCUT2D eigenvalue weighted by Gasteiger charge is -2.24. The summed E-state index contributed by atoms with van der Waals surface area (Å²) in [4.78, 5) is 25.7. The van der Waals surface area contributed by atoms with Gasteiger partial charge in [-0.1, -0.05) is 13.8 Å². The van der Waals surface area contributed by atoms with Crippen LogP contribution in [0.25, 0.3) is 10.1 Å². The number of methoxy groups -OCH3 is 1. The van der Waals surface area contributed by atoms with E-state index in [0.29, 0.717) is 4.88 Å². The molecule has 4 nitrogen and oxygen atoms in total. The van der Waals surface area contributed by atoms with Crippen molar-refractivity contribution >= 4 is 49.1 Å². The van der Waals surface area contributed by atoms with Gasteiger partial charge in [0.1, 0.15) is 11.4 Å². The van der Waals surface area contributed by atoms with Crippen molar-refractivity contribution in [1.29, 1.82) is 0 Å². The third-order valence-corrected chi connectivity index (χ3v) is 5.71. The first-order valence-electron chi connectivity index (χ1n) is 8.07. The van der Waals surface area contributed by atoms with E-state index in [0.717, 1.165) is 20.3 Å². The van der Waals surface area contributed by atoms with E-state index in [1.165, 1.54) is 11.3 Å². The van der Waals surface area contributed by atoms with Crippen molar-refractivity contribution in [2.45, 2.75) is 40.2 Å². The first-order chi connectivity index (χ1) is 11.5. The molecule has 2 atom stereocenters. The minimum atomic E-state index is -0.561. The van der Waals surface area contributed by atoms with Crippen LogP contribution in [0.3, 0.4) is 0 Å². The number of hydrogen-bond acceptors (Lipinski definition) is 5. The lowest BCUT2D eigenvalue weighted by molar-refractivity contribution is -0.160. The molecule has 2 aromatic rings. The normalized spacial score (nSPS) is 14.2. The van der Waals surface area contributed by atoms with Gasteiger partial charge in [0.15, 0.2) is 5.78 Å². The molecule has 1 aromatic carbocycles. The lowest BCUT2D eigenvalue weighted by atomic mass is 9.91. The Bertz CT molecular complexity index is 804. The summed E-state index contributed by atoms with van der Waals surface area (Å²) in [5.74, 6) is -0.622. The van der Waals surface area contributed by atoms with E-state index in [4.69, 9.17) is 9.47 Å². The van der Waals surface area contributed by atoms with Crippen LogP contribution in [0.2, 0.25) is 0 Å². The second-order valence-corrected chi connectivity index (χ2v) is 9.05. The summed E-state index contributed by atoms with van der Waals surface area (Å²) in [5.41, 5.74) is -0.561. The van der Waals surface area contributed by atoms with E-state index in [2.05, 4.69) is 15.9 Å². The molecule has 0 aliphatic heterocycles. The van der Waals surface area contributed by atoms with Crippen molar-refractivity contribution in [3.8, 4) is 5.75 Å². The highest BCUT2D eigenvalue weighted by atomic mass is 79.9. The number of esters is 1. The fourth-order valence-electron chi connectivity index (χ4n) is 2.37. The highest BCUT2D eigenvalue weighted by molar-refractivity contribution is 9.10. The Kier molecular flexibility index (Phi) is 5.94. The molecule has 1 unspecified atom stereocenters. The minimum absolute atomic E-state index is 0.0466. The molecule has 1 heterocycles. The Morgan fingerprint density at radius 2 is 1.76 bits per heavy atom. The van der Waals surface area contributed by atoms with Crippen molar-refractivity contribution in [3.63, 3.8) is 0 Å². The van der Waals surface area contributed by atoms with Gasteiger partial charge in [-0.15, -0.1) is 11.3 Å². The number of halogens is 1. The summed E-state index contributed by atoms with van der Waals surface area (Å²) < 4.78 is 12.5. The van der Waals surface area contributed by atoms with E-state index in [1.807, 2.05) is 39.0 Å². The van der Waals surface area contributed by atoms with Gasteiger partial charge in [-0.25, -0.2) is 0 Å². The maximum Gasteiger partial charge on any atom is 0.309 e. The quantitative estimate of drug-likeness (QED) is 0.469. The summed E-state index contributed by atoms with van der Waals surface area (Å²) in [5, 5.41) is 0.971. The maximum atomic E-state index is 12.8. The molecular weight excluding hydrogens is 404 g/mol. The van der Waals surface area contributed by atoms with E-state index in [-0.39, 0.29) is 11.8 Å². The summed E-state index contributed by atoms with van der Waals surface area (Å²) in [6.45, 7) is 8.98. The zero-order chi connectivity index (χ0) is 18.9. The average Bonchev–Trinajstić information content (AvgIpc) is 2.92. The number of ketones is 1. The van der Waals surface area contributed by atoms with Crippen molar-refractivity contribution < 1.29 is 19.1 Å². The topological polar surface area (TPSA) is 52.6 Å². The molecule has 2 rings (SSSR count). The summed E-state index contributed by atoms with van der Waals surface area (Å²) in [7, 11) is 1.61. The van der Waals surface area contributed by atoms with E-state index in [9.17, 15) is 9.59 Å². The second-order valence-electron chi connectivity index (χ2n) is 7.11. The molecule has 0 bridgehead atoms. The van der Waals surface area contributed by atoms with Gasteiger partial charge < -0.3 is 9.47 Å². The fourth-order valence-corrected chi connectivity index (χ4v) is 4.00. The molecular formula is C19H23BrO4S. The highest BCUT2D eigenvalue weighted by Crippen LogP contribution is 2.36. The second kappa shape index (κ2) is 7.46. The van der Waals surface area contributed by atoms with Crippen LogP contribution in [0, 0.1) is 11.8 Å². The van der Waals surface area contributed by atoms with Crippen LogP contribution in [0.5, 0.6) is 5.75 Å². The van der Waals surface area contributed by atoms with Gasteiger partial charge in [-0.2, -0.15) is 0 Å². The number of carbonyl (C=O) groups excluding carboxylic acids is 2. The first-order valence-corrected chi connectivity index (χ1v) is 9.68. The SMILES string of the molecule is COc1cc2sc(C(=O)C(C)[C@H](C)C(=O)OC(C)(C)C)cc2cc1Br. The molecule has 0 spiro atoms. The predicted molar refractivity (Wildman–Crippen MR) is 105 cm³/mol. The molecule has 0 saturated heterocycles. The van der Waals surface area contributed by atoms with Crippen molar-refractivity contribution in [2.75, 3.05) is 7.11 Å². The fraction of sp³-hybridized carbons (Fsp3) is 0.474. The van der Waals surface area contributed by atoms with Crippen LogP contribution < -0.4 is 4.74 Å². The molecule has 0 N–H and O–H groups in total. The Morgan fingerprint density at radius 3 is 2.32 bits per heavy atom. The lowest BCUT2D eigenvalue weighted by Crippen LogP contribution is -2.32. The zero-order valence-electron chi connectivity index (χ0n) is 15.3. The van der Waals surface area contributed by atoms with E-state index in [1.54, 1.807) is 21.0 Å². The number of Topliss-reactive ketones (excluding diaryl/α,β-unsaturated/α-hetero) is 1. The Balaban J connectivity index is 2.24. The van der Waals surface area contributed by atoms with Crippen LogP contribution in [0.1, 0.15) is 44.3 Å². The average molecular weight is 427 g/mol. The van der Waals surface area contributed by atoms with Crippen molar-refractivity contribution in [2.24, 2.45) is 11.8 Å². The Hall–Kier alpha value is -1.40. The van der Waals surface area contributed by atoms with Crippen LogP contribution >= 0.6 is 27.3 Å². The third-order valence-electron chi connectivity index (χ3n) is 3.98. The molecule has 0 aliphatic carbocycles. The Morgan fingerprint density at radius 1 is 1.12 bits per heavy atom. The molecule has 25 heavy (non-hydrogen) atoms. The van der Waals surface area contributed by atoms with Crippen LogP contribution in [0.4, 0.5) is 0 Å². The van der Waals surface area contributed by atoms with Crippen LogP contribution in [-0.4, -0.2) is 24.5 Å². The smallest absolute Gasteiger partial charge is 0.309 e. The number of thiophene rings is 1. The monoisotopic (exact) mass is 426 g/mol. The molecule has 0 aliphatic rings. The van der Waals surface area contributed by atoms with Crippen molar-refractivity contribution in [1.82, 2.24) is 0 Å². The number of carbonyl (C=O) groups is 2. The molecule has 1 aromatic heterocycles. The van der Waals surface area contributed by atoms with Gasteiger partial charge in [-0.3, -0.25) is 9.59 Å². The van der Waals surface area contributed by atoms with Crippen molar-refractivity contribution in [3.05, 3.63) is 27.5 Å². The summed E-state index contributed by atoms with van der Waals surface area (Å²) in [6, 6.07) is 5.71.